The first-order chi connectivity index (χ1) is 5.74. The highest BCUT2D eigenvalue weighted by atomic mass is 35.5. The number of nitriles is 1. The summed E-state index contributed by atoms with van der Waals surface area (Å²) in [6, 6.07) is 5.17. The molecule has 0 bridgehead atoms. The van der Waals surface area contributed by atoms with Gasteiger partial charge in [0.1, 0.15) is 10.3 Å². The fourth-order valence-corrected chi connectivity index (χ4v) is 1.08. The molecule has 0 aliphatic heterocycles. The maximum Gasteiger partial charge on any atom is 0.138 e. The van der Waals surface area contributed by atoms with Crippen LogP contribution in [0.1, 0.15) is 5.56 Å². The second-order valence-electron chi connectivity index (χ2n) is 1.98. The molecule has 1 heterocycles. The van der Waals surface area contributed by atoms with Crippen LogP contribution in [0.15, 0.2) is 18.2 Å². The molecule has 4 heteroatoms. The van der Waals surface area contributed by atoms with E-state index in [-0.39, 0.29) is 0 Å². The molecule has 2 nitrogen and oxygen atoms in total. The second kappa shape index (κ2) is 4.10. The van der Waals surface area contributed by atoms with Crippen LogP contribution in [-0.2, 0) is 0 Å². The van der Waals surface area contributed by atoms with Crippen LogP contribution in [-0.4, -0.2) is 4.98 Å². The number of nitrogens with zero attached hydrogens (tertiary/aromatic N) is 2. The Labute approximate surface area is 80.1 Å². The van der Waals surface area contributed by atoms with E-state index in [0.717, 1.165) is 0 Å². The molecule has 0 N–H and O–H groups in total. The van der Waals surface area contributed by atoms with E-state index in [1.165, 1.54) is 6.08 Å². The van der Waals surface area contributed by atoms with Crippen molar-refractivity contribution >= 4 is 29.3 Å². The molecule has 0 saturated carbocycles. The van der Waals surface area contributed by atoms with Gasteiger partial charge in [0.05, 0.1) is 6.07 Å². The van der Waals surface area contributed by atoms with Gasteiger partial charge >= 0.3 is 0 Å². The highest BCUT2D eigenvalue weighted by Gasteiger charge is 1.97. The molecule has 0 fully saturated rings. The van der Waals surface area contributed by atoms with Gasteiger partial charge in [-0.05, 0) is 18.2 Å². The van der Waals surface area contributed by atoms with Crippen LogP contribution in [0.3, 0.4) is 0 Å². The molecule has 0 atom stereocenters. The average molecular weight is 199 g/mol. The number of pyridine rings is 1. The van der Waals surface area contributed by atoms with Gasteiger partial charge in [0.2, 0.25) is 0 Å². The zero-order valence-electron chi connectivity index (χ0n) is 5.96. The Balaban J connectivity index is 3.03. The second-order valence-corrected chi connectivity index (χ2v) is 2.72. The largest absolute Gasteiger partial charge is 0.224 e. The summed E-state index contributed by atoms with van der Waals surface area (Å²) in [6.07, 6.45) is 2.91. The lowest BCUT2D eigenvalue weighted by Gasteiger charge is -1.95. The molecule has 0 saturated heterocycles. The van der Waals surface area contributed by atoms with Crippen molar-refractivity contribution in [2.45, 2.75) is 0 Å². The normalized spacial score (nSPS) is 10.1. The minimum Gasteiger partial charge on any atom is -0.224 e. The molecule has 0 aliphatic carbocycles. The van der Waals surface area contributed by atoms with Crippen molar-refractivity contribution in [3.63, 3.8) is 0 Å². The molecular weight excluding hydrogens is 195 g/mol. The third-order valence-corrected chi connectivity index (χ3v) is 1.69. The lowest BCUT2D eigenvalue weighted by molar-refractivity contribution is 1.32. The number of rotatable bonds is 1. The lowest BCUT2D eigenvalue weighted by Crippen LogP contribution is -1.80. The van der Waals surface area contributed by atoms with Gasteiger partial charge in [-0.15, -0.1) is 0 Å². The number of aromatic nitrogens is 1. The van der Waals surface area contributed by atoms with Crippen LogP contribution < -0.4 is 0 Å². The summed E-state index contributed by atoms with van der Waals surface area (Å²) in [6.45, 7) is 0. The minimum atomic E-state index is 0.300. The van der Waals surface area contributed by atoms with Gasteiger partial charge in [-0.1, -0.05) is 23.2 Å². The van der Waals surface area contributed by atoms with Crippen molar-refractivity contribution in [2.24, 2.45) is 0 Å². The van der Waals surface area contributed by atoms with Crippen LogP contribution in [0.4, 0.5) is 0 Å². The van der Waals surface area contributed by atoms with Gasteiger partial charge in [-0.3, -0.25) is 0 Å². The predicted octanol–water partition coefficient (Wildman–Crippen LogP) is 2.93. The standard InChI is InChI=1S/C8H4Cl2N2/c9-7-4-3-6(2-1-5-11)8(10)12-7/h1-4H. The Kier molecular flexibility index (Phi) is 3.09. The number of hydrogen-bond donors (Lipinski definition) is 0. The molecule has 12 heavy (non-hydrogen) atoms. The van der Waals surface area contributed by atoms with Crippen LogP contribution in [0.2, 0.25) is 10.3 Å². The summed E-state index contributed by atoms with van der Waals surface area (Å²) in [7, 11) is 0. The fourth-order valence-electron chi connectivity index (χ4n) is 0.674. The van der Waals surface area contributed by atoms with E-state index in [1.807, 2.05) is 6.07 Å². The van der Waals surface area contributed by atoms with E-state index in [0.29, 0.717) is 15.9 Å². The summed E-state index contributed by atoms with van der Waals surface area (Å²) in [4.78, 5) is 3.80. The molecule has 0 spiro atoms. The van der Waals surface area contributed by atoms with Crippen LogP contribution in [0.5, 0.6) is 0 Å². The monoisotopic (exact) mass is 198 g/mol. The molecule has 0 amide bonds. The highest BCUT2D eigenvalue weighted by molar-refractivity contribution is 6.33. The summed E-state index contributed by atoms with van der Waals surface area (Å²) in [5.41, 5.74) is 0.683. The molecule has 1 aromatic rings. The van der Waals surface area contributed by atoms with Crippen molar-refractivity contribution in [1.29, 1.82) is 5.26 Å². The SMILES string of the molecule is N#CC=Cc1ccc(Cl)nc1Cl. The van der Waals surface area contributed by atoms with E-state index in [1.54, 1.807) is 18.2 Å². The first-order valence-electron chi connectivity index (χ1n) is 3.12. The topological polar surface area (TPSA) is 36.7 Å². The Bertz CT molecular complexity index is 353. The Morgan fingerprint density at radius 1 is 1.42 bits per heavy atom. The van der Waals surface area contributed by atoms with E-state index >= 15 is 0 Å². The summed E-state index contributed by atoms with van der Waals surface area (Å²) in [5.74, 6) is 0. The van der Waals surface area contributed by atoms with Crippen molar-refractivity contribution in [2.75, 3.05) is 0 Å². The van der Waals surface area contributed by atoms with Crippen LogP contribution in [0.25, 0.3) is 6.08 Å². The first-order valence-corrected chi connectivity index (χ1v) is 3.88. The van der Waals surface area contributed by atoms with Gasteiger partial charge in [0.15, 0.2) is 0 Å². The molecule has 0 unspecified atom stereocenters. The molecule has 0 aliphatic rings. The predicted molar refractivity (Wildman–Crippen MR) is 48.9 cm³/mol. The maximum absolute atomic E-state index is 8.25. The van der Waals surface area contributed by atoms with E-state index in [2.05, 4.69) is 4.98 Å². The Hall–Kier alpha value is -1.04. The van der Waals surface area contributed by atoms with E-state index < -0.39 is 0 Å². The van der Waals surface area contributed by atoms with Gasteiger partial charge < -0.3 is 0 Å². The van der Waals surface area contributed by atoms with E-state index in [9.17, 15) is 0 Å². The molecule has 1 rings (SSSR count). The fraction of sp³-hybridized carbons (Fsp3) is 0. The third-order valence-electron chi connectivity index (χ3n) is 1.18. The van der Waals surface area contributed by atoms with Gasteiger partial charge in [0.25, 0.3) is 0 Å². The van der Waals surface area contributed by atoms with Gasteiger partial charge in [0, 0.05) is 11.6 Å². The molecule has 60 valence electrons. The highest BCUT2D eigenvalue weighted by Crippen LogP contribution is 2.17. The smallest absolute Gasteiger partial charge is 0.138 e. The van der Waals surface area contributed by atoms with Crippen LogP contribution in [0, 0.1) is 11.3 Å². The lowest BCUT2D eigenvalue weighted by atomic mass is 10.3. The Morgan fingerprint density at radius 3 is 2.75 bits per heavy atom. The zero-order chi connectivity index (χ0) is 8.97. The Morgan fingerprint density at radius 2 is 2.17 bits per heavy atom. The quantitative estimate of drug-likeness (QED) is 0.514. The van der Waals surface area contributed by atoms with Crippen molar-refractivity contribution in [1.82, 2.24) is 4.98 Å². The third kappa shape index (κ3) is 2.23. The average Bonchev–Trinajstić information content (AvgIpc) is 2.03. The molecular formula is C8H4Cl2N2. The summed E-state index contributed by atoms with van der Waals surface area (Å²) >= 11 is 11.3. The maximum atomic E-state index is 8.25. The molecule has 1 aromatic heterocycles. The van der Waals surface area contributed by atoms with Gasteiger partial charge in [-0.25, -0.2) is 4.98 Å². The number of halogens is 2. The summed E-state index contributed by atoms with van der Waals surface area (Å²) in [5, 5.41) is 8.89. The van der Waals surface area contributed by atoms with Crippen LogP contribution >= 0.6 is 23.2 Å². The number of allylic oxidation sites excluding steroid dienone is 1. The van der Waals surface area contributed by atoms with Crippen molar-refractivity contribution < 1.29 is 0 Å². The van der Waals surface area contributed by atoms with Crippen molar-refractivity contribution in [3.05, 3.63) is 34.1 Å². The number of hydrogen-bond acceptors (Lipinski definition) is 2. The van der Waals surface area contributed by atoms with Crippen molar-refractivity contribution in [3.8, 4) is 6.07 Å². The molecule has 0 aromatic carbocycles. The summed E-state index contributed by atoms with van der Waals surface area (Å²) < 4.78 is 0. The first kappa shape index (κ1) is 9.05. The molecule has 0 radical (unpaired) electrons. The van der Waals surface area contributed by atoms with Gasteiger partial charge in [-0.2, -0.15) is 5.26 Å². The zero-order valence-corrected chi connectivity index (χ0v) is 7.47. The van der Waals surface area contributed by atoms with E-state index in [4.69, 9.17) is 28.5 Å². The minimum absolute atomic E-state index is 0.300.